The number of carboxylic acid groups (broad SMARTS) is 1. The quantitative estimate of drug-likeness (QED) is 0.849. The van der Waals surface area contributed by atoms with Gasteiger partial charge < -0.3 is 15.7 Å². The molecule has 1 aliphatic rings. The van der Waals surface area contributed by atoms with Gasteiger partial charge in [0, 0.05) is 30.4 Å². The van der Waals surface area contributed by atoms with Crippen LogP contribution >= 0.6 is 0 Å². The monoisotopic (exact) mass is 282 g/mol. The molecule has 0 amide bonds. The molecule has 1 saturated heterocycles. The number of hydrogen-bond donors (Lipinski definition) is 2. The molecule has 0 spiro atoms. The van der Waals surface area contributed by atoms with Crippen LogP contribution in [0.4, 0.5) is 11.4 Å². The number of nitrogens with zero attached hydrogens (tertiary/aromatic N) is 1. The van der Waals surface area contributed by atoms with Crippen LogP contribution in [0.5, 0.6) is 0 Å². The van der Waals surface area contributed by atoms with Gasteiger partial charge in [-0.15, -0.1) is 0 Å². The predicted molar refractivity (Wildman–Crippen MR) is 83.8 cm³/mol. The molecule has 3 N–H and O–H groups in total. The van der Waals surface area contributed by atoms with Crippen LogP contribution in [0, 0.1) is 0 Å². The maximum absolute atomic E-state index is 11.2. The number of nitrogens with two attached hydrogens (primary N) is 1. The third kappa shape index (κ3) is 2.70. The molecule has 1 aliphatic heterocycles. The van der Waals surface area contributed by atoms with Crippen molar-refractivity contribution < 1.29 is 9.90 Å². The molecule has 0 radical (unpaired) electrons. The van der Waals surface area contributed by atoms with E-state index in [0.29, 0.717) is 11.6 Å². The van der Waals surface area contributed by atoms with Crippen LogP contribution in [0.2, 0.25) is 0 Å². The maximum atomic E-state index is 11.2. The molecule has 1 atom stereocenters. The minimum Gasteiger partial charge on any atom is -0.478 e. The number of rotatable bonds is 3. The molecule has 4 heteroatoms. The van der Waals surface area contributed by atoms with Crippen molar-refractivity contribution in [3.63, 3.8) is 0 Å². The number of carboxylic acids is 1. The highest BCUT2D eigenvalue weighted by molar-refractivity contribution is 5.94. The Hall–Kier alpha value is -2.49. The summed E-state index contributed by atoms with van der Waals surface area (Å²) in [5, 5.41) is 9.16. The van der Waals surface area contributed by atoms with Crippen LogP contribution in [0.1, 0.15) is 28.3 Å². The molecule has 2 aromatic carbocycles. The van der Waals surface area contributed by atoms with E-state index in [-0.39, 0.29) is 5.56 Å². The smallest absolute Gasteiger partial charge is 0.337 e. The number of hydrogen-bond acceptors (Lipinski definition) is 3. The Morgan fingerprint density at radius 2 is 1.95 bits per heavy atom. The molecule has 0 aliphatic carbocycles. The Bertz CT molecular complexity index is 655. The van der Waals surface area contributed by atoms with Crippen molar-refractivity contribution in [2.75, 3.05) is 23.7 Å². The van der Waals surface area contributed by atoms with Crippen LogP contribution < -0.4 is 10.6 Å². The Kier molecular flexibility index (Phi) is 3.52. The van der Waals surface area contributed by atoms with E-state index >= 15 is 0 Å². The molecule has 3 rings (SSSR count). The van der Waals surface area contributed by atoms with Crippen LogP contribution in [0.3, 0.4) is 0 Å². The summed E-state index contributed by atoms with van der Waals surface area (Å²) < 4.78 is 0. The molecule has 0 bridgehead atoms. The Labute approximate surface area is 123 Å². The topological polar surface area (TPSA) is 66.6 Å². The van der Waals surface area contributed by atoms with E-state index in [0.717, 1.165) is 25.2 Å². The van der Waals surface area contributed by atoms with Gasteiger partial charge >= 0.3 is 5.97 Å². The largest absolute Gasteiger partial charge is 0.478 e. The minimum atomic E-state index is -0.979. The summed E-state index contributed by atoms with van der Waals surface area (Å²) in [6.45, 7) is 1.84. The van der Waals surface area contributed by atoms with Crippen molar-refractivity contribution in [3.05, 3.63) is 59.7 Å². The van der Waals surface area contributed by atoms with E-state index in [1.807, 2.05) is 12.1 Å². The molecule has 1 heterocycles. The molecule has 2 aromatic rings. The molecule has 108 valence electrons. The van der Waals surface area contributed by atoms with Crippen LogP contribution in [-0.2, 0) is 0 Å². The minimum absolute atomic E-state index is 0.177. The van der Waals surface area contributed by atoms with Crippen LogP contribution in [0.15, 0.2) is 48.5 Å². The first-order valence-corrected chi connectivity index (χ1v) is 7.08. The van der Waals surface area contributed by atoms with Crippen molar-refractivity contribution >= 4 is 17.3 Å². The standard InChI is InChI=1S/C17H18N2O2/c18-16-7-6-14(10-15(16)17(20)21)19-9-8-13(11-19)12-4-2-1-3-5-12/h1-7,10,13H,8-9,11,18H2,(H,20,21). The summed E-state index contributed by atoms with van der Waals surface area (Å²) in [6.07, 6.45) is 1.08. The second kappa shape index (κ2) is 5.48. The lowest BCUT2D eigenvalue weighted by Crippen LogP contribution is -2.19. The summed E-state index contributed by atoms with van der Waals surface area (Å²) in [5.74, 6) is -0.481. The molecular formula is C17H18N2O2. The first kappa shape index (κ1) is 13.5. The summed E-state index contributed by atoms with van der Waals surface area (Å²) in [5.41, 5.74) is 8.47. The SMILES string of the molecule is Nc1ccc(N2CCC(c3ccccc3)C2)cc1C(=O)O. The highest BCUT2D eigenvalue weighted by Crippen LogP contribution is 2.31. The first-order valence-electron chi connectivity index (χ1n) is 7.08. The van der Waals surface area contributed by atoms with E-state index < -0.39 is 5.97 Å². The van der Waals surface area contributed by atoms with Gasteiger partial charge in [-0.2, -0.15) is 0 Å². The number of nitrogen functional groups attached to an aromatic ring is 1. The normalized spacial score (nSPS) is 17.9. The summed E-state index contributed by atoms with van der Waals surface area (Å²) in [7, 11) is 0. The Morgan fingerprint density at radius 3 is 2.67 bits per heavy atom. The van der Waals surface area contributed by atoms with Crippen molar-refractivity contribution in [2.24, 2.45) is 0 Å². The molecule has 1 unspecified atom stereocenters. The third-order valence-corrected chi connectivity index (χ3v) is 4.09. The second-order valence-electron chi connectivity index (χ2n) is 5.42. The first-order chi connectivity index (χ1) is 10.1. The Morgan fingerprint density at radius 1 is 1.19 bits per heavy atom. The average Bonchev–Trinajstić information content (AvgIpc) is 2.98. The lowest BCUT2D eigenvalue weighted by atomic mass is 9.99. The molecule has 21 heavy (non-hydrogen) atoms. The molecule has 0 aromatic heterocycles. The van der Waals surface area contributed by atoms with Crippen LogP contribution in [-0.4, -0.2) is 24.2 Å². The van der Waals surface area contributed by atoms with E-state index in [4.69, 9.17) is 10.8 Å². The lowest BCUT2D eigenvalue weighted by Gasteiger charge is -2.20. The summed E-state index contributed by atoms with van der Waals surface area (Å²) >= 11 is 0. The predicted octanol–water partition coefficient (Wildman–Crippen LogP) is 2.96. The average molecular weight is 282 g/mol. The molecular weight excluding hydrogens is 264 g/mol. The van der Waals surface area contributed by atoms with E-state index in [2.05, 4.69) is 29.2 Å². The van der Waals surface area contributed by atoms with Gasteiger partial charge in [-0.05, 0) is 30.2 Å². The maximum Gasteiger partial charge on any atom is 0.337 e. The van der Waals surface area contributed by atoms with Crippen molar-refractivity contribution in [1.29, 1.82) is 0 Å². The highest BCUT2D eigenvalue weighted by Gasteiger charge is 2.24. The highest BCUT2D eigenvalue weighted by atomic mass is 16.4. The van der Waals surface area contributed by atoms with Gasteiger partial charge in [0.05, 0.1) is 5.56 Å². The van der Waals surface area contributed by atoms with Crippen LogP contribution in [0.25, 0.3) is 0 Å². The second-order valence-corrected chi connectivity index (χ2v) is 5.42. The van der Waals surface area contributed by atoms with Gasteiger partial charge in [0.25, 0.3) is 0 Å². The summed E-state index contributed by atoms with van der Waals surface area (Å²) in [4.78, 5) is 13.4. The third-order valence-electron chi connectivity index (χ3n) is 4.09. The van der Waals surface area contributed by atoms with Crippen molar-refractivity contribution in [2.45, 2.75) is 12.3 Å². The number of anilines is 2. The van der Waals surface area contributed by atoms with Gasteiger partial charge in [-0.1, -0.05) is 30.3 Å². The Balaban J connectivity index is 1.80. The van der Waals surface area contributed by atoms with E-state index in [1.165, 1.54) is 5.56 Å². The van der Waals surface area contributed by atoms with Gasteiger partial charge in [-0.25, -0.2) is 4.79 Å². The fraction of sp³-hybridized carbons (Fsp3) is 0.235. The zero-order valence-electron chi connectivity index (χ0n) is 11.7. The fourth-order valence-corrected chi connectivity index (χ4v) is 2.92. The molecule has 1 fully saturated rings. The van der Waals surface area contributed by atoms with Crippen molar-refractivity contribution in [3.8, 4) is 0 Å². The molecule has 0 saturated carbocycles. The van der Waals surface area contributed by atoms with Gasteiger partial charge in [0.2, 0.25) is 0 Å². The zero-order chi connectivity index (χ0) is 14.8. The van der Waals surface area contributed by atoms with E-state index in [1.54, 1.807) is 12.1 Å². The molecule has 4 nitrogen and oxygen atoms in total. The van der Waals surface area contributed by atoms with E-state index in [9.17, 15) is 4.79 Å². The van der Waals surface area contributed by atoms with Crippen molar-refractivity contribution in [1.82, 2.24) is 0 Å². The summed E-state index contributed by atoms with van der Waals surface area (Å²) in [6, 6.07) is 15.7. The zero-order valence-corrected chi connectivity index (χ0v) is 11.7. The van der Waals surface area contributed by atoms with Gasteiger partial charge in [0.15, 0.2) is 0 Å². The lowest BCUT2D eigenvalue weighted by molar-refractivity contribution is 0.0698. The number of aromatic carboxylic acids is 1. The van der Waals surface area contributed by atoms with Gasteiger partial charge in [-0.3, -0.25) is 0 Å². The van der Waals surface area contributed by atoms with Gasteiger partial charge in [0.1, 0.15) is 0 Å². The number of benzene rings is 2. The number of carbonyl (C=O) groups is 1. The fourth-order valence-electron chi connectivity index (χ4n) is 2.92.